The number of hydrogen-bond donors (Lipinski definition) is 2. The van der Waals surface area contributed by atoms with Gasteiger partial charge in [-0.3, -0.25) is 9.52 Å². The molecule has 1 heterocycles. The van der Waals surface area contributed by atoms with E-state index in [9.17, 15) is 21.6 Å². The topological polar surface area (TPSA) is 113 Å². The molecule has 1 saturated heterocycles. The van der Waals surface area contributed by atoms with Crippen LogP contribution in [-0.4, -0.2) is 40.1 Å². The van der Waals surface area contributed by atoms with Crippen LogP contribution in [0, 0.1) is 19.8 Å². The van der Waals surface area contributed by atoms with Crippen molar-refractivity contribution in [2.45, 2.75) is 43.4 Å². The van der Waals surface area contributed by atoms with Gasteiger partial charge in [-0.25, -0.2) is 16.8 Å². The average Bonchev–Trinajstić information content (AvgIpc) is 2.86. The molecule has 0 unspecified atom stereocenters. The fraction of sp³-hybridized carbons (Fsp3) is 0.296. The van der Waals surface area contributed by atoms with Crippen molar-refractivity contribution in [1.82, 2.24) is 4.31 Å². The highest BCUT2D eigenvalue weighted by atomic mass is 32.2. The summed E-state index contributed by atoms with van der Waals surface area (Å²) in [6, 6.07) is 17.3. The van der Waals surface area contributed by atoms with E-state index < -0.39 is 26.0 Å². The van der Waals surface area contributed by atoms with Crippen LogP contribution >= 0.6 is 0 Å². The summed E-state index contributed by atoms with van der Waals surface area (Å²) in [6.07, 6.45) is 1.62. The molecule has 8 nitrogen and oxygen atoms in total. The standard InChI is InChI=1S/C27H31N3O5S2/c1-19-4-7-23(8-5-19)29-36(32,33)24-12-9-22(10-13-24)28-27(31)26-18-25(11-6-21(26)3)37(34,35)30-16-14-20(2)15-17-30/h4-13,18,20,29H,14-17H2,1-3H3,(H,28,31). The summed E-state index contributed by atoms with van der Waals surface area (Å²) in [7, 11) is -7.50. The molecule has 0 spiro atoms. The lowest BCUT2D eigenvalue weighted by atomic mass is 10.0. The largest absolute Gasteiger partial charge is 0.322 e. The molecule has 1 amide bonds. The zero-order valence-electron chi connectivity index (χ0n) is 21.1. The molecule has 0 atom stereocenters. The predicted molar refractivity (Wildman–Crippen MR) is 145 cm³/mol. The smallest absolute Gasteiger partial charge is 0.261 e. The molecule has 37 heavy (non-hydrogen) atoms. The van der Waals surface area contributed by atoms with Crippen LogP contribution in [0.15, 0.2) is 76.5 Å². The van der Waals surface area contributed by atoms with Crippen molar-refractivity contribution in [3.63, 3.8) is 0 Å². The fourth-order valence-corrected chi connectivity index (χ4v) is 6.69. The van der Waals surface area contributed by atoms with Crippen molar-refractivity contribution in [2.24, 2.45) is 5.92 Å². The van der Waals surface area contributed by atoms with Crippen molar-refractivity contribution in [3.05, 3.63) is 83.4 Å². The van der Waals surface area contributed by atoms with Crippen LogP contribution in [0.3, 0.4) is 0 Å². The summed E-state index contributed by atoms with van der Waals surface area (Å²) in [5.41, 5.74) is 2.72. The molecular formula is C27H31N3O5S2. The summed E-state index contributed by atoms with van der Waals surface area (Å²) in [4.78, 5) is 13.2. The number of sulfonamides is 2. The quantitative estimate of drug-likeness (QED) is 0.447. The molecule has 0 aromatic heterocycles. The molecule has 1 aliphatic rings. The van der Waals surface area contributed by atoms with E-state index in [0.29, 0.717) is 35.9 Å². The Morgan fingerprint density at radius 1 is 0.811 bits per heavy atom. The predicted octanol–water partition coefficient (Wildman–Crippen LogP) is 4.78. The Morgan fingerprint density at radius 2 is 1.38 bits per heavy atom. The molecule has 0 bridgehead atoms. The first kappa shape index (κ1) is 26.8. The lowest BCUT2D eigenvalue weighted by Gasteiger charge is -2.29. The summed E-state index contributed by atoms with van der Waals surface area (Å²) in [5.74, 6) is 0.0146. The van der Waals surface area contributed by atoms with Crippen LogP contribution in [0.5, 0.6) is 0 Å². The van der Waals surface area contributed by atoms with Gasteiger partial charge >= 0.3 is 0 Å². The second kappa shape index (κ2) is 10.6. The van der Waals surface area contributed by atoms with Gasteiger partial charge < -0.3 is 5.32 Å². The van der Waals surface area contributed by atoms with Gasteiger partial charge in [0.05, 0.1) is 9.79 Å². The highest BCUT2D eigenvalue weighted by Gasteiger charge is 2.29. The molecule has 10 heteroatoms. The van der Waals surface area contributed by atoms with E-state index in [0.717, 1.165) is 18.4 Å². The van der Waals surface area contributed by atoms with E-state index in [2.05, 4.69) is 17.0 Å². The first-order valence-electron chi connectivity index (χ1n) is 12.1. The average molecular weight is 542 g/mol. The maximum absolute atomic E-state index is 13.1. The SMILES string of the molecule is Cc1ccc(NS(=O)(=O)c2ccc(NC(=O)c3cc(S(=O)(=O)N4CCC(C)CC4)ccc3C)cc2)cc1. The molecule has 196 valence electrons. The molecular weight excluding hydrogens is 510 g/mol. The minimum atomic E-state index is -3.80. The van der Waals surface area contributed by atoms with Crippen molar-refractivity contribution in [2.75, 3.05) is 23.1 Å². The Morgan fingerprint density at radius 3 is 2.00 bits per heavy atom. The van der Waals surface area contributed by atoms with Crippen molar-refractivity contribution >= 4 is 37.3 Å². The first-order valence-corrected chi connectivity index (χ1v) is 15.0. The van der Waals surface area contributed by atoms with E-state index in [1.54, 1.807) is 25.1 Å². The Kier molecular flexibility index (Phi) is 7.72. The number of anilines is 2. The Balaban J connectivity index is 1.49. The van der Waals surface area contributed by atoms with Crippen LogP contribution in [0.4, 0.5) is 11.4 Å². The fourth-order valence-electron chi connectivity index (χ4n) is 4.13. The molecule has 0 aliphatic carbocycles. The third-order valence-electron chi connectivity index (χ3n) is 6.56. The third kappa shape index (κ3) is 6.20. The number of benzene rings is 3. The minimum absolute atomic E-state index is 0.0474. The van der Waals surface area contributed by atoms with Crippen molar-refractivity contribution in [1.29, 1.82) is 0 Å². The number of hydrogen-bond acceptors (Lipinski definition) is 5. The molecule has 0 saturated carbocycles. The van der Waals surface area contributed by atoms with E-state index in [1.807, 2.05) is 19.1 Å². The second-order valence-corrected chi connectivity index (χ2v) is 13.1. The van der Waals surface area contributed by atoms with Crippen LogP contribution in [-0.2, 0) is 20.0 Å². The van der Waals surface area contributed by atoms with Crippen LogP contribution in [0.1, 0.15) is 41.3 Å². The van der Waals surface area contributed by atoms with Gasteiger partial charge in [0.2, 0.25) is 10.0 Å². The van der Waals surface area contributed by atoms with Crippen LogP contribution in [0.2, 0.25) is 0 Å². The van der Waals surface area contributed by atoms with E-state index in [4.69, 9.17) is 0 Å². The molecule has 3 aromatic rings. The molecule has 0 radical (unpaired) electrons. The maximum atomic E-state index is 13.1. The second-order valence-electron chi connectivity index (χ2n) is 9.51. The number of rotatable bonds is 7. The highest BCUT2D eigenvalue weighted by Crippen LogP contribution is 2.26. The van der Waals surface area contributed by atoms with Crippen LogP contribution in [0.25, 0.3) is 0 Å². The van der Waals surface area contributed by atoms with Gasteiger partial charge in [0.25, 0.3) is 15.9 Å². The van der Waals surface area contributed by atoms with Crippen molar-refractivity contribution in [3.8, 4) is 0 Å². The van der Waals surface area contributed by atoms with Gasteiger partial charge in [0.1, 0.15) is 0 Å². The van der Waals surface area contributed by atoms with Gasteiger partial charge in [-0.1, -0.05) is 30.7 Å². The molecule has 1 fully saturated rings. The number of amides is 1. The summed E-state index contributed by atoms with van der Waals surface area (Å²) in [5, 5.41) is 2.74. The van der Waals surface area contributed by atoms with E-state index >= 15 is 0 Å². The zero-order chi connectivity index (χ0) is 26.8. The van der Waals surface area contributed by atoms with Gasteiger partial charge in [-0.05, 0) is 86.7 Å². The number of carbonyl (C=O) groups excluding carboxylic acids is 1. The van der Waals surface area contributed by atoms with Gasteiger partial charge in [0, 0.05) is 30.0 Å². The lowest BCUT2D eigenvalue weighted by molar-refractivity contribution is 0.102. The summed E-state index contributed by atoms with van der Waals surface area (Å²) in [6.45, 7) is 6.69. The lowest BCUT2D eigenvalue weighted by Crippen LogP contribution is -2.38. The third-order valence-corrected chi connectivity index (χ3v) is 9.85. The van der Waals surface area contributed by atoms with E-state index in [-0.39, 0.29) is 15.4 Å². The summed E-state index contributed by atoms with van der Waals surface area (Å²) < 4.78 is 55.7. The minimum Gasteiger partial charge on any atom is -0.322 e. The van der Waals surface area contributed by atoms with Crippen molar-refractivity contribution < 1.29 is 21.6 Å². The molecule has 3 aromatic carbocycles. The highest BCUT2D eigenvalue weighted by molar-refractivity contribution is 7.92. The molecule has 2 N–H and O–H groups in total. The van der Waals surface area contributed by atoms with Gasteiger partial charge in [0.15, 0.2) is 0 Å². The van der Waals surface area contributed by atoms with Gasteiger partial charge in [-0.2, -0.15) is 4.31 Å². The number of nitrogens with one attached hydrogen (secondary N) is 2. The number of nitrogens with zero attached hydrogens (tertiary/aromatic N) is 1. The Hall–Kier alpha value is -3.21. The maximum Gasteiger partial charge on any atom is 0.261 e. The number of carbonyl (C=O) groups is 1. The normalized spacial score (nSPS) is 15.3. The monoisotopic (exact) mass is 541 g/mol. The van der Waals surface area contributed by atoms with Gasteiger partial charge in [-0.15, -0.1) is 0 Å². The first-order chi connectivity index (χ1) is 17.5. The molecule has 4 rings (SSSR count). The molecule has 1 aliphatic heterocycles. The summed E-state index contributed by atoms with van der Waals surface area (Å²) >= 11 is 0. The number of piperidine rings is 1. The van der Waals surface area contributed by atoms with E-state index in [1.165, 1.54) is 40.7 Å². The number of aryl methyl sites for hydroxylation is 2. The zero-order valence-corrected chi connectivity index (χ0v) is 22.7. The Bertz CT molecular complexity index is 1490. The Labute approximate surface area is 218 Å². The van der Waals surface area contributed by atoms with Crippen LogP contribution < -0.4 is 10.0 Å².